The number of anilines is 1. The number of rotatable bonds is 6. The van der Waals surface area contributed by atoms with Gasteiger partial charge in [0.15, 0.2) is 0 Å². The summed E-state index contributed by atoms with van der Waals surface area (Å²) >= 11 is 0. The van der Waals surface area contributed by atoms with Crippen LogP contribution < -0.4 is 10.5 Å². The van der Waals surface area contributed by atoms with Crippen LogP contribution in [0.1, 0.15) is 26.2 Å². The van der Waals surface area contributed by atoms with Crippen LogP contribution in [0.3, 0.4) is 0 Å². The van der Waals surface area contributed by atoms with Crippen molar-refractivity contribution in [3.8, 4) is 22.4 Å². The Labute approximate surface area is 207 Å². The van der Waals surface area contributed by atoms with Crippen LogP contribution in [0.25, 0.3) is 38.1 Å². The molecule has 0 spiro atoms. The van der Waals surface area contributed by atoms with E-state index in [0.29, 0.717) is 40.8 Å². The highest BCUT2D eigenvalue weighted by atomic mass is 19.1. The molecular formula is C27H27FN6O2. The Morgan fingerprint density at radius 3 is 2.67 bits per heavy atom. The number of hydrogen-bond donors (Lipinski definition) is 2. The number of nitrogens with one attached hydrogen (secondary N) is 1. The number of fused-ring (bicyclic) bond motifs is 1. The van der Waals surface area contributed by atoms with E-state index in [4.69, 9.17) is 11.6 Å². The minimum Gasteiger partial charge on any atom is -0.394 e. The summed E-state index contributed by atoms with van der Waals surface area (Å²) in [5.74, 6) is 0.488. The van der Waals surface area contributed by atoms with Crippen molar-refractivity contribution < 1.29 is 9.50 Å². The van der Waals surface area contributed by atoms with Crippen molar-refractivity contribution in [1.29, 1.82) is 0 Å². The van der Waals surface area contributed by atoms with Gasteiger partial charge in [0.1, 0.15) is 5.82 Å². The summed E-state index contributed by atoms with van der Waals surface area (Å²) in [6.07, 6.45) is 5.00. The minimum absolute atomic E-state index is 0.0300. The summed E-state index contributed by atoms with van der Waals surface area (Å²) in [4.78, 5) is 26.6. The van der Waals surface area contributed by atoms with Gasteiger partial charge in [0, 0.05) is 30.2 Å². The molecule has 0 radical (unpaired) electrons. The standard InChI is InChI=1S/C27H27FN6O2/c1-3-17-8-10-33(11-9-17)27-30-25(19-5-7-23(29-2)21(28)15-19)24(26(36)31-27)18-4-6-22-20(14-18)16-34(32-22)12-13-35/h4-7,14-17,35H,3,8-13H2,1H3,(H,30,31,36). The van der Waals surface area contributed by atoms with Crippen LogP contribution >= 0.6 is 0 Å². The molecule has 0 unspecified atom stereocenters. The number of aromatic nitrogens is 4. The molecular weight excluding hydrogens is 459 g/mol. The fourth-order valence-electron chi connectivity index (χ4n) is 4.83. The lowest BCUT2D eigenvalue weighted by Crippen LogP contribution is -2.36. The summed E-state index contributed by atoms with van der Waals surface area (Å²) in [6.45, 7) is 11.3. The van der Waals surface area contributed by atoms with Crippen molar-refractivity contribution in [2.45, 2.75) is 32.7 Å². The molecule has 1 aliphatic heterocycles. The van der Waals surface area contributed by atoms with E-state index in [1.54, 1.807) is 16.8 Å². The van der Waals surface area contributed by atoms with Gasteiger partial charge < -0.3 is 10.0 Å². The summed E-state index contributed by atoms with van der Waals surface area (Å²) in [6, 6.07) is 9.77. The molecule has 2 N–H and O–H groups in total. The Hall–Kier alpha value is -4.03. The fourth-order valence-corrected chi connectivity index (χ4v) is 4.83. The van der Waals surface area contributed by atoms with Crippen molar-refractivity contribution in [1.82, 2.24) is 19.7 Å². The van der Waals surface area contributed by atoms with Gasteiger partial charge in [-0.2, -0.15) is 5.10 Å². The van der Waals surface area contributed by atoms with E-state index in [-0.39, 0.29) is 17.9 Å². The van der Waals surface area contributed by atoms with Crippen LogP contribution in [0, 0.1) is 18.3 Å². The lowest BCUT2D eigenvalue weighted by molar-refractivity contribution is 0.270. The first kappa shape index (κ1) is 23.7. The predicted octanol–water partition coefficient (Wildman–Crippen LogP) is 4.76. The Bertz CT molecular complexity index is 1510. The first-order valence-corrected chi connectivity index (χ1v) is 12.2. The number of hydrogen-bond acceptors (Lipinski definition) is 5. The Morgan fingerprint density at radius 2 is 1.97 bits per heavy atom. The molecule has 5 rings (SSSR count). The van der Waals surface area contributed by atoms with Crippen molar-refractivity contribution >= 4 is 22.5 Å². The maximum atomic E-state index is 14.6. The zero-order valence-electron chi connectivity index (χ0n) is 20.0. The van der Waals surface area contributed by atoms with Gasteiger partial charge >= 0.3 is 0 Å². The third-order valence-electron chi connectivity index (χ3n) is 6.91. The lowest BCUT2D eigenvalue weighted by Gasteiger charge is -2.32. The summed E-state index contributed by atoms with van der Waals surface area (Å²) in [5.41, 5.74) is 2.09. The molecule has 2 aromatic carbocycles. The first-order valence-electron chi connectivity index (χ1n) is 12.2. The third-order valence-corrected chi connectivity index (χ3v) is 6.91. The molecule has 0 amide bonds. The lowest BCUT2D eigenvalue weighted by atomic mass is 9.94. The Morgan fingerprint density at radius 1 is 1.19 bits per heavy atom. The van der Waals surface area contributed by atoms with Crippen LogP contribution in [0.4, 0.5) is 16.0 Å². The monoisotopic (exact) mass is 486 g/mol. The molecule has 1 fully saturated rings. The third kappa shape index (κ3) is 4.48. The predicted molar refractivity (Wildman–Crippen MR) is 138 cm³/mol. The molecule has 8 nitrogen and oxygen atoms in total. The Kier molecular flexibility index (Phi) is 6.53. The number of aliphatic hydroxyl groups excluding tert-OH is 1. The highest BCUT2D eigenvalue weighted by Crippen LogP contribution is 2.33. The van der Waals surface area contributed by atoms with Gasteiger partial charge in [-0.3, -0.25) is 14.5 Å². The molecule has 1 saturated heterocycles. The summed E-state index contributed by atoms with van der Waals surface area (Å²) in [5, 5.41) is 14.5. The van der Waals surface area contributed by atoms with E-state index in [1.165, 1.54) is 12.1 Å². The number of halogens is 1. The second kappa shape index (κ2) is 9.91. The maximum absolute atomic E-state index is 14.6. The van der Waals surface area contributed by atoms with Crippen molar-refractivity contribution in [2.24, 2.45) is 5.92 Å². The number of H-pyrrole nitrogens is 1. The van der Waals surface area contributed by atoms with Gasteiger partial charge in [-0.1, -0.05) is 31.5 Å². The van der Waals surface area contributed by atoms with Gasteiger partial charge in [-0.15, -0.1) is 0 Å². The second-order valence-corrected chi connectivity index (χ2v) is 9.12. The quantitative estimate of drug-likeness (QED) is 0.384. The topological polar surface area (TPSA) is 91.4 Å². The molecule has 0 saturated carbocycles. The molecule has 1 aliphatic rings. The molecule has 0 bridgehead atoms. The van der Waals surface area contributed by atoms with Gasteiger partial charge in [0.2, 0.25) is 11.6 Å². The smallest absolute Gasteiger partial charge is 0.260 e. The molecule has 4 aromatic rings. The summed E-state index contributed by atoms with van der Waals surface area (Å²) < 4.78 is 16.3. The number of aliphatic hydroxyl groups is 1. The van der Waals surface area contributed by atoms with Crippen molar-refractivity contribution in [2.75, 3.05) is 24.6 Å². The average Bonchev–Trinajstić information content (AvgIpc) is 3.30. The van der Waals surface area contributed by atoms with Crippen LogP contribution in [0.5, 0.6) is 0 Å². The first-order chi connectivity index (χ1) is 17.5. The van der Waals surface area contributed by atoms with Crippen LogP contribution in [-0.4, -0.2) is 44.6 Å². The fraction of sp³-hybridized carbons (Fsp3) is 0.333. The molecule has 3 heterocycles. The molecule has 9 heteroatoms. The minimum atomic E-state index is -0.651. The molecule has 36 heavy (non-hydrogen) atoms. The maximum Gasteiger partial charge on any atom is 0.260 e. The van der Waals surface area contributed by atoms with Crippen LogP contribution in [-0.2, 0) is 6.54 Å². The van der Waals surface area contributed by atoms with E-state index in [0.717, 1.165) is 43.3 Å². The van der Waals surface area contributed by atoms with E-state index in [1.807, 2.05) is 18.3 Å². The van der Waals surface area contributed by atoms with Crippen LogP contribution in [0.2, 0.25) is 0 Å². The van der Waals surface area contributed by atoms with Gasteiger partial charge in [0.25, 0.3) is 5.56 Å². The number of piperidine rings is 1. The SMILES string of the molecule is [C-]#[N+]c1ccc(-c2nc(N3CCC(CC)CC3)[nH]c(=O)c2-c2ccc3nn(CCO)cc3c2)cc1F. The van der Waals surface area contributed by atoms with E-state index >= 15 is 0 Å². The number of nitrogens with zero attached hydrogens (tertiary/aromatic N) is 5. The Balaban J connectivity index is 1.65. The average molecular weight is 487 g/mol. The van der Waals surface area contributed by atoms with E-state index in [2.05, 4.69) is 26.8 Å². The zero-order valence-corrected chi connectivity index (χ0v) is 20.0. The van der Waals surface area contributed by atoms with Crippen molar-refractivity contribution in [3.05, 3.63) is 70.2 Å². The molecule has 184 valence electrons. The van der Waals surface area contributed by atoms with E-state index < -0.39 is 5.82 Å². The molecule has 0 aliphatic carbocycles. The van der Waals surface area contributed by atoms with Gasteiger partial charge in [-0.25, -0.2) is 14.2 Å². The molecule has 2 aromatic heterocycles. The zero-order chi connectivity index (χ0) is 25.2. The molecule has 0 atom stereocenters. The van der Waals surface area contributed by atoms with Gasteiger partial charge in [0.05, 0.1) is 36.5 Å². The number of benzene rings is 2. The van der Waals surface area contributed by atoms with Gasteiger partial charge in [-0.05, 0) is 42.5 Å². The second-order valence-electron chi connectivity index (χ2n) is 9.12. The highest BCUT2D eigenvalue weighted by molar-refractivity contribution is 5.88. The van der Waals surface area contributed by atoms with Crippen LogP contribution in [0.15, 0.2) is 47.4 Å². The normalized spacial score (nSPS) is 14.3. The van der Waals surface area contributed by atoms with Crippen molar-refractivity contribution in [3.63, 3.8) is 0 Å². The summed E-state index contributed by atoms with van der Waals surface area (Å²) in [7, 11) is 0. The largest absolute Gasteiger partial charge is 0.394 e. The highest BCUT2D eigenvalue weighted by Gasteiger charge is 2.23. The van der Waals surface area contributed by atoms with E-state index in [9.17, 15) is 14.3 Å². The number of aromatic amines is 1.